The number of aromatic nitrogens is 2. The second kappa shape index (κ2) is 7.17. The van der Waals surface area contributed by atoms with Gasteiger partial charge in [0, 0.05) is 39.3 Å². The van der Waals surface area contributed by atoms with Crippen LogP contribution >= 0.6 is 0 Å². The van der Waals surface area contributed by atoms with Crippen molar-refractivity contribution in [3.8, 4) is 0 Å². The maximum atomic E-state index is 12.9. The molecule has 2 aliphatic rings. The Labute approximate surface area is 152 Å². The molecule has 0 saturated carbocycles. The first-order chi connectivity index (χ1) is 12.7. The van der Waals surface area contributed by atoms with E-state index in [0.717, 1.165) is 5.56 Å². The summed E-state index contributed by atoms with van der Waals surface area (Å²) in [5, 5.41) is 8.08. The minimum absolute atomic E-state index is 0.0857. The molecule has 0 aliphatic carbocycles. The van der Waals surface area contributed by atoms with Gasteiger partial charge in [0.15, 0.2) is 5.79 Å². The Morgan fingerprint density at radius 2 is 1.85 bits per heavy atom. The van der Waals surface area contributed by atoms with Gasteiger partial charge in [0.05, 0.1) is 19.1 Å². The van der Waals surface area contributed by atoms with Gasteiger partial charge in [-0.1, -0.05) is 30.3 Å². The number of amides is 1. The van der Waals surface area contributed by atoms with E-state index in [9.17, 15) is 4.79 Å². The molecule has 1 unspecified atom stereocenters. The predicted octanol–water partition coefficient (Wildman–Crippen LogP) is 2.27. The van der Waals surface area contributed by atoms with Crippen LogP contribution in [0.25, 0.3) is 0 Å². The molecule has 7 heteroatoms. The van der Waals surface area contributed by atoms with E-state index < -0.39 is 5.79 Å². The van der Waals surface area contributed by atoms with Crippen molar-refractivity contribution >= 4 is 5.91 Å². The average molecular weight is 357 g/mol. The molecule has 26 heavy (non-hydrogen) atoms. The summed E-state index contributed by atoms with van der Waals surface area (Å²) in [4.78, 5) is 14.8. The topological polar surface area (TPSA) is 77.7 Å². The number of benzene rings is 1. The summed E-state index contributed by atoms with van der Waals surface area (Å²) < 4.78 is 17.1. The van der Waals surface area contributed by atoms with Crippen LogP contribution in [0.3, 0.4) is 0 Å². The number of rotatable bonds is 4. The molecule has 138 valence electrons. The maximum Gasteiger partial charge on any atom is 0.224 e. The number of nitrogens with zero attached hydrogens (tertiary/aromatic N) is 3. The summed E-state index contributed by atoms with van der Waals surface area (Å²) in [6, 6.07) is 9.84. The lowest BCUT2D eigenvalue weighted by molar-refractivity contribution is -0.187. The third kappa shape index (κ3) is 3.50. The molecule has 3 heterocycles. The molecule has 2 aliphatic heterocycles. The third-order valence-corrected chi connectivity index (χ3v) is 5.11. The summed E-state index contributed by atoms with van der Waals surface area (Å²) >= 11 is 0. The van der Waals surface area contributed by atoms with Gasteiger partial charge in [-0.05, 0) is 5.56 Å². The Hall–Kier alpha value is -2.25. The van der Waals surface area contributed by atoms with Crippen molar-refractivity contribution in [1.82, 2.24) is 15.1 Å². The van der Waals surface area contributed by atoms with E-state index in [1.54, 1.807) is 6.92 Å². The Balaban J connectivity index is 1.46. The van der Waals surface area contributed by atoms with Crippen LogP contribution in [0.5, 0.6) is 0 Å². The van der Waals surface area contributed by atoms with E-state index in [2.05, 4.69) is 10.2 Å². The lowest BCUT2D eigenvalue weighted by Crippen LogP contribution is -2.47. The summed E-state index contributed by atoms with van der Waals surface area (Å²) in [6.45, 7) is 4.32. The standard InChI is InChI=1S/C19H23N3O4/c1-14-20-21-18(26-14)16(15-5-3-2-4-6-15)13-17(23)22-9-7-19(8-10-22)24-11-12-25-19/h2-6,16H,7-13H2,1H3. The Morgan fingerprint density at radius 3 is 2.46 bits per heavy atom. The van der Waals surface area contributed by atoms with Gasteiger partial charge in [0.2, 0.25) is 17.7 Å². The third-order valence-electron chi connectivity index (χ3n) is 5.11. The Kier molecular flexibility index (Phi) is 4.74. The van der Waals surface area contributed by atoms with Gasteiger partial charge in [0.25, 0.3) is 0 Å². The first-order valence-corrected chi connectivity index (χ1v) is 9.06. The lowest BCUT2D eigenvalue weighted by atomic mass is 9.94. The highest BCUT2D eigenvalue weighted by molar-refractivity contribution is 5.77. The molecule has 0 bridgehead atoms. The van der Waals surface area contributed by atoms with E-state index >= 15 is 0 Å². The van der Waals surface area contributed by atoms with Crippen LogP contribution in [0.4, 0.5) is 0 Å². The van der Waals surface area contributed by atoms with Crippen molar-refractivity contribution in [3.05, 3.63) is 47.7 Å². The number of hydrogen-bond donors (Lipinski definition) is 0. The minimum atomic E-state index is -0.473. The zero-order valence-corrected chi connectivity index (χ0v) is 14.9. The zero-order valence-electron chi connectivity index (χ0n) is 14.9. The molecular formula is C19H23N3O4. The molecule has 1 aromatic carbocycles. The summed E-state index contributed by atoms with van der Waals surface area (Å²) in [6.07, 6.45) is 1.74. The first kappa shape index (κ1) is 17.2. The highest BCUT2D eigenvalue weighted by Crippen LogP contribution is 2.33. The number of ether oxygens (including phenoxy) is 2. The monoisotopic (exact) mass is 357 g/mol. The highest BCUT2D eigenvalue weighted by atomic mass is 16.7. The van der Waals surface area contributed by atoms with Crippen molar-refractivity contribution in [3.63, 3.8) is 0 Å². The summed E-state index contributed by atoms with van der Waals surface area (Å²) in [7, 11) is 0. The molecule has 1 atom stereocenters. The molecule has 1 spiro atoms. The second-order valence-corrected chi connectivity index (χ2v) is 6.82. The molecule has 2 fully saturated rings. The summed E-state index contributed by atoms with van der Waals surface area (Å²) in [5.41, 5.74) is 1.00. The number of piperidine rings is 1. The van der Waals surface area contributed by atoms with Crippen molar-refractivity contribution in [1.29, 1.82) is 0 Å². The van der Waals surface area contributed by atoms with Gasteiger partial charge in [-0.25, -0.2) is 0 Å². The van der Waals surface area contributed by atoms with E-state index in [0.29, 0.717) is 57.3 Å². The molecule has 7 nitrogen and oxygen atoms in total. The smallest absolute Gasteiger partial charge is 0.224 e. The van der Waals surface area contributed by atoms with Crippen molar-refractivity contribution in [2.24, 2.45) is 0 Å². The quantitative estimate of drug-likeness (QED) is 0.835. The van der Waals surface area contributed by atoms with Crippen molar-refractivity contribution in [2.75, 3.05) is 26.3 Å². The molecule has 1 aromatic heterocycles. The maximum absolute atomic E-state index is 12.9. The largest absolute Gasteiger partial charge is 0.425 e. The van der Waals surface area contributed by atoms with Gasteiger partial charge < -0.3 is 18.8 Å². The average Bonchev–Trinajstić information content (AvgIpc) is 3.30. The fraction of sp³-hybridized carbons (Fsp3) is 0.526. The van der Waals surface area contributed by atoms with Crippen LogP contribution in [-0.4, -0.2) is 53.1 Å². The van der Waals surface area contributed by atoms with Crippen LogP contribution in [0.2, 0.25) is 0 Å². The van der Waals surface area contributed by atoms with Gasteiger partial charge >= 0.3 is 0 Å². The molecule has 1 amide bonds. The molecule has 0 N–H and O–H groups in total. The molecule has 2 saturated heterocycles. The van der Waals surface area contributed by atoms with Gasteiger partial charge in [-0.15, -0.1) is 10.2 Å². The number of aryl methyl sites for hydroxylation is 1. The number of carbonyl (C=O) groups is 1. The van der Waals surface area contributed by atoms with Crippen LogP contribution in [-0.2, 0) is 14.3 Å². The number of hydrogen-bond acceptors (Lipinski definition) is 6. The van der Waals surface area contributed by atoms with Crippen LogP contribution in [0.15, 0.2) is 34.7 Å². The SMILES string of the molecule is Cc1nnc(C(CC(=O)N2CCC3(CC2)OCCO3)c2ccccc2)o1. The van der Waals surface area contributed by atoms with Gasteiger partial charge in [-0.2, -0.15) is 0 Å². The van der Waals surface area contributed by atoms with E-state index in [-0.39, 0.29) is 11.8 Å². The van der Waals surface area contributed by atoms with E-state index in [4.69, 9.17) is 13.9 Å². The van der Waals surface area contributed by atoms with Crippen LogP contribution in [0, 0.1) is 6.92 Å². The molecule has 4 rings (SSSR count). The van der Waals surface area contributed by atoms with E-state index in [1.807, 2.05) is 35.2 Å². The Morgan fingerprint density at radius 1 is 1.15 bits per heavy atom. The molecule has 2 aromatic rings. The van der Waals surface area contributed by atoms with Crippen molar-refractivity contribution in [2.45, 2.75) is 37.9 Å². The fourth-order valence-corrected chi connectivity index (χ4v) is 3.67. The first-order valence-electron chi connectivity index (χ1n) is 9.06. The predicted molar refractivity (Wildman–Crippen MR) is 92.4 cm³/mol. The molecular weight excluding hydrogens is 334 g/mol. The van der Waals surface area contributed by atoms with Gasteiger partial charge in [-0.3, -0.25) is 4.79 Å². The van der Waals surface area contributed by atoms with Crippen molar-refractivity contribution < 1.29 is 18.7 Å². The summed E-state index contributed by atoms with van der Waals surface area (Å²) in [5.74, 6) is 0.364. The normalized spacial score (nSPS) is 20.4. The lowest BCUT2D eigenvalue weighted by Gasteiger charge is -2.37. The van der Waals surface area contributed by atoms with Crippen LogP contribution in [0.1, 0.15) is 42.5 Å². The number of likely N-dealkylation sites (tertiary alicyclic amines) is 1. The minimum Gasteiger partial charge on any atom is -0.425 e. The highest BCUT2D eigenvalue weighted by Gasteiger charge is 2.41. The second-order valence-electron chi connectivity index (χ2n) is 6.82. The van der Waals surface area contributed by atoms with Crippen LogP contribution < -0.4 is 0 Å². The zero-order chi connectivity index (χ0) is 18.0. The Bertz CT molecular complexity index is 745. The number of carbonyl (C=O) groups excluding carboxylic acids is 1. The van der Waals surface area contributed by atoms with E-state index in [1.165, 1.54) is 0 Å². The van der Waals surface area contributed by atoms with Gasteiger partial charge in [0.1, 0.15) is 0 Å². The molecule has 0 radical (unpaired) electrons. The fourth-order valence-electron chi connectivity index (χ4n) is 3.67.